The lowest BCUT2D eigenvalue weighted by molar-refractivity contribution is -0.274. The van der Waals surface area contributed by atoms with E-state index in [1.54, 1.807) is 12.3 Å². The first kappa shape index (κ1) is 19.5. The largest absolute Gasteiger partial charge is 0.573 e. The van der Waals surface area contributed by atoms with Gasteiger partial charge in [-0.05, 0) is 47.5 Å². The van der Waals surface area contributed by atoms with Gasteiger partial charge in [-0.1, -0.05) is 17.7 Å². The predicted octanol–water partition coefficient (Wildman–Crippen LogP) is 5.44. The Hall–Kier alpha value is -1.50. The topological polar surface area (TPSA) is 39.2 Å². The van der Waals surface area contributed by atoms with Crippen molar-refractivity contribution in [2.24, 2.45) is 0 Å². The second-order valence-electron chi connectivity index (χ2n) is 3.97. The Labute approximate surface area is 144 Å². The average Bonchev–Trinajstić information content (AvgIpc) is 2.47. The molecule has 0 saturated heterocycles. The molecule has 2 rings (SSSR count). The van der Waals surface area contributed by atoms with E-state index in [4.69, 9.17) is 34.8 Å². The number of hydrogen-bond donors (Lipinski definition) is 0. The van der Waals surface area contributed by atoms with Crippen molar-refractivity contribution in [3.63, 3.8) is 0 Å². The van der Waals surface area contributed by atoms with Gasteiger partial charge in [0.2, 0.25) is 0 Å². The lowest BCUT2D eigenvalue weighted by Gasteiger charge is -2.08. The first-order valence-electron chi connectivity index (χ1n) is 5.93. The number of benzene rings is 1. The molecule has 0 aliphatic heterocycles. The summed E-state index contributed by atoms with van der Waals surface area (Å²) < 4.78 is 38.6. The molecule has 0 amide bonds. The van der Waals surface area contributed by atoms with Crippen molar-refractivity contribution in [1.29, 1.82) is 0 Å². The highest BCUT2D eigenvalue weighted by molar-refractivity contribution is 6.67. The molecule has 1 heterocycles. The summed E-state index contributed by atoms with van der Waals surface area (Å²) in [6, 6.07) is 7.90. The summed E-state index contributed by atoms with van der Waals surface area (Å²) in [6.07, 6.45) is -3.07. The van der Waals surface area contributed by atoms with Crippen LogP contribution in [0.5, 0.6) is 5.75 Å². The van der Waals surface area contributed by atoms with E-state index in [2.05, 4.69) is 9.72 Å². The fourth-order valence-corrected chi connectivity index (χ4v) is 1.67. The van der Waals surface area contributed by atoms with Crippen molar-refractivity contribution in [2.75, 3.05) is 0 Å². The molecule has 0 bridgehead atoms. The fraction of sp³-hybridized carbons (Fsp3) is 0.143. The van der Waals surface area contributed by atoms with Gasteiger partial charge in [0.1, 0.15) is 10.9 Å². The number of carbonyl (C=O) groups is 1. The highest BCUT2D eigenvalue weighted by Gasteiger charge is 2.30. The van der Waals surface area contributed by atoms with E-state index in [0.717, 1.165) is 29.8 Å². The van der Waals surface area contributed by atoms with E-state index < -0.39 is 11.6 Å². The van der Waals surface area contributed by atoms with Crippen LogP contribution in [0.2, 0.25) is 5.15 Å². The summed E-state index contributed by atoms with van der Waals surface area (Å²) in [6.45, 7) is 0. The third kappa shape index (κ3) is 8.06. The van der Waals surface area contributed by atoms with Crippen LogP contribution in [0.1, 0.15) is 15.9 Å². The summed E-state index contributed by atoms with van der Waals surface area (Å²) in [5, 5.41) is -0.229. The molecule has 1 aromatic carbocycles. The zero-order valence-electron chi connectivity index (χ0n) is 11.3. The first-order chi connectivity index (χ1) is 10.7. The molecular weight excluding hydrogens is 378 g/mol. The van der Waals surface area contributed by atoms with Gasteiger partial charge in [0.05, 0.1) is 0 Å². The van der Waals surface area contributed by atoms with E-state index in [1.807, 2.05) is 6.07 Å². The second kappa shape index (κ2) is 8.96. The third-order valence-electron chi connectivity index (χ3n) is 2.26. The third-order valence-corrected chi connectivity index (χ3v) is 3.01. The number of halogens is 6. The van der Waals surface area contributed by atoms with Crippen LogP contribution in [-0.4, -0.2) is 16.6 Å². The summed E-state index contributed by atoms with van der Waals surface area (Å²) in [5.41, 5.74) is 1.10. The normalized spacial score (nSPS) is 10.5. The second-order valence-corrected chi connectivity index (χ2v) is 4.97. The molecule has 2 aromatic rings. The Morgan fingerprint density at radius 3 is 2.13 bits per heavy atom. The van der Waals surface area contributed by atoms with Crippen molar-refractivity contribution in [3.05, 3.63) is 58.9 Å². The minimum atomic E-state index is -4.73. The molecule has 0 radical (unpaired) electrons. The summed E-state index contributed by atoms with van der Waals surface area (Å²) in [5.74, 6) is 0.101. The highest BCUT2D eigenvalue weighted by atomic mass is 35.5. The molecule has 0 fully saturated rings. The van der Waals surface area contributed by atoms with Gasteiger partial charge >= 0.3 is 6.36 Å². The molecular formula is C14H9Cl3F3NO2. The van der Waals surface area contributed by atoms with E-state index in [1.165, 1.54) is 0 Å². The van der Waals surface area contributed by atoms with Gasteiger partial charge in [0, 0.05) is 17.6 Å². The van der Waals surface area contributed by atoms with Crippen LogP contribution in [0.4, 0.5) is 13.2 Å². The van der Waals surface area contributed by atoms with Crippen LogP contribution >= 0.6 is 34.8 Å². The molecule has 0 saturated carbocycles. The molecule has 0 aliphatic rings. The van der Waals surface area contributed by atoms with Crippen LogP contribution in [0, 0.1) is 0 Å². The average molecular weight is 387 g/mol. The Morgan fingerprint density at radius 2 is 1.74 bits per heavy atom. The molecule has 0 atom stereocenters. The number of alkyl halides is 4. The zero-order valence-corrected chi connectivity index (χ0v) is 13.5. The number of carbonyl (C=O) groups excluding carboxylic acids is 1. The van der Waals surface area contributed by atoms with Gasteiger partial charge in [-0.3, -0.25) is 4.79 Å². The fourth-order valence-electron chi connectivity index (χ4n) is 1.27. The van der Waals surface area contributed by atoms with Gasteiger partial charge in [-0.15, -0.1) is 24.8 Å². The Bertz CT molecular complexity index is 631. The minimum absolute atomic E-state index is 0.112. The van der Waals surface area contributed by atoms with E-state index in [0.29, 0.717) is 11.0 Å². The van der Waals surface area contributed by atoms with Gasteiger partial charge < -0.3 is 4.74 Å². The Kier molecular flexibility index (Phi) is 7.61. The van der Waals surface area contributed by atoms with Gasteiger partial charge in [-0.25, -0.2) is 4.98 Å². The number of ether oxygens (including phenoxy) is 1. The van der Waals surface area contributed by atoms with Crippen molar-refractivity contribution in [1.82, 2.24) is 4.98 Å². The number of hydrogen-bond acceptors (Lipinski definition) is 3. The minimum Gasteiger partial charge on any atom is -0.406 e. The lowest BCUT2D eigenvalue weighted by atomic mass is 10.2. The number of nitrogens with zero attached hydrogens (tertiary/aromatic N) is 1. The monoisotopic (exact) mass is 385 g/mol. The Balaban J connectivity index is 0.000000253. The van der Waals surface area contributed by atoms with Gasteiger partial charge in [0.25, 0.3) is 5.24 Å². The van der Waals surface area contributed by atoms with Crippen molar-refractivity contribution >= 4 is 40.0 Å². The molecule has 0 unspecified atom stereocenters. The number of aromatic nitrogens is 1. The first-order valence-corrected chi connectivity index (χ1v) is 7.22. The molecule has 124 valence electrons. The van der Waals surface area contributed by atoms with E-state index in [-0.39, 0.29) is 11.3 Å². The molecule has 1 aromatic heterocycles. The zero-order chi connectivity index (χ0) is 17.5. The van der Waals surface area contributed by atoms with Crippen molar-refractivity contribution < 1.29 is 22.7 Å². The molecule has 0 aliphatic carbocycles. The Morgan fingerprint density at radius 1 is 1.13 bits per heavy atom. The number of pyridine rings is 1. The molecule has 9 heteroatoms. The smallest absolute Gasteiger partial charge is 0.406 e. The number of rotatable bonds is 3. The summed E-state index contributed by atoms with van der Waals surface area (Å²) in [4.78, 5) is 14.4. The van der Waals surface area contributed by atoms with E-state index >= 15 is 0 Å². The van der Waals surface area contributed by atoms with Crippen LogP contribution in [0.3, 0.4) is 0 Å². The summed E-state index contributed by atoms with van der Waals surface area (Å²) in [7, 11) is 0. The highest BCUT2D eigenvalue weighted by Crippen LogP contribution is 2.22. The SMILES string of the molecule is ClCc1ccc(Cl)nc1.O=C(Cl)c1ccc(OC(F)(F)F)cc1. The van der Waals surface area contributed by atoms with Gasteiger partial charge in [-0.2, -0.15) is 0 Å². The lowest BCUT2D eigenvalue weighted by Crippen LogP contribution is -2.17. The predicted molar refractivity (Wildman–Crippen MR) is 82.1 cm³/mol. The standard InChI is InChI=1S/C8H4ClF3O2.C6H5Cl2N/c9-7(13)5-1-3-6(4-2-5)14-8(10,11)12;7-3-5-1-2-6(8)9-4-5/h1-4H;1-2,4H,3H2. The maximum absolute atomic E-state index is 11.7. The van der Waals surface area contributed by atoms with Crippen LogP contribution in [-0.2, 0) is 5.88 Å². The molecule has 3 nitrogen and oxygen atoms in total. The van der Waals surface area contributed by atoms with Gasteiger partial charge in [0.15, 0.2) is 0 Å². The van der Waals surface area contributed by atoms with Crippen LogP contribution in [0.25, 0.3) is 0 Å². The van der Waals surface area contributed by atoms with E-state index in [9.17, 15) is 18.0 Å². The van der Waals surface area contributed by atoms with Crippen LogP contribution < -0.4 is 4.74 Å². The molecule has 23 heavy (non-hydrogen) atoms. The summed E-state index contributed by atoms with van der Waals surface area (Å²) >= 11 is 16.1. The maximum atomic E-state index is 11.7. The van der Waals surface area contributed by atoms with Crippen molar-refractivity contribution in [3.8, 4) is 5.75 Å². The maximum Gasteiger partial charge on any atom is 0.573 e. The van der Waals surface area contributed by atoms with Crippen molar-refractivity contribution in [2.45, 2.75) is 12.2 Å². The molecule has 0 N–H and O–H groups in total. The molecule has 0 spiro atoms. The quantitative estimate of drug-likeness (QED) is 0.401. The van der Waals surface area contributed by atoms with Crippen LogP contribution in [0.15, 0.2) is 42.6 Å².